The molecule has 2 heterocycles. The normalized spacial score (nSPS) is 21.8. The van der Waals surface area contributed by atoms with Crippen LogP contribution in [0.25, 0.3) is 0 Å². The lowest BCUT2D eigenvalue weighted by Crippen LogP contribution is -2.42. The minimum absolute atomic E-state index is 0.0607. The Kier molecular flexibility index (Phi) is 7.63. The van der Waals surface area contributed by atoms with E-state index in [0.717, 1.165) is 31.4 Å². The lowest BCUT2D eigenvalue weighted by Gasteiger charge is -2.26. The summed E-state index contributed by atoms with van der Waals surface area (Å²) in [5.41, 5.74) is 1.14. The second kappa shape index (κ2) is 9.71. The fourth-order valence-electron chi connectivity index (χ4n) is 3.60. The first kappa shape index (κ1) is 20.4. The molecule has 0 radical (unpaired) electrons. The number of nitrogens with one attached hydrogen (secondary N) is 1. The molecule has 0 bridgehead atoms. The number of carbonyl (C=O) groups excluding carboxylic acids is 2. The zero-order valence-electron chi connectivity index (χ0n) is 16.6. The molecule has 146 valence electrons. The molecule has 2 unspecified atom stereocenters. The van der Waals surface area contributed by atoms with E-state index in [0.29, 0.717) is 26.1 Å². The van der Waals surface area contributed by atoms with E-state index in [2.05, 4.69) is 10.4 Å². The average Bonchev–Trinajstić information content (AvgIpc) is 3.05. The maximum atomic E-state index is 12.7. The Morgan fingerprint density at radius 3 is 2.65 bits per heavy atom. The number of aryl methyl sites for hydroxylation is 1. The second-order valence-electron chi connectivity index (χ2n) is 7.22. The van der Waals surface area contributed by atoms with Crippen molar-refractivity contribution < 1.29 is 9.59 Å². The summed E-state index contributed by atoms with van der Waals surface area (Å²) in [7, 11) is 3.74. The topological polar surface area (TPSA) is 70.5 Å². The Labute approximate surface area is 156 Å². The third-order valence-corrected chi connectivity index (χ3v) is 5.22. The molecule has 1 aliphatic rings. The van der Waals surface area contributed by atoms with Gasteiger partial charge in [0.25, 0.3) is 0 Å². The van der Waals surface area contributed by atoms with Crippen LogP contribution >= 0.6 is 0 Å². The van der Waals surface area contributed by atoms with Gasteiger partial charge in [-0.05, 0) is 26.7 Å². The number of hydrogen-bond acceptors (Lipinski definition) is 4. The predicted molar refractivity (Wildman–Crippen MR) is 101 cm³/mol. The molecule has 1 aromatic rings. The predicted octanol–water partition coefficient (Wildman–Crippen LogP) is 1.40. The van der Waals surface area contributed by atoms with Gasteiger partial charge in [-0.15, -0.1) is 0 Å². The standard InChI is InChI=1S/C19H33N5O2/c1-5-24(6-2)19(26)16-8-7-9-17(14-22(3)18(25)10-16)20-11-15-12-21-23(4)13-15/h12-13,16-17,20H,5-11,14H2,1-4H3. The molecular weight excluding hydrogens is 330 g/mol. The number of carbonyl (C=O) groups is 2. The summed E-state index contributed by atoms with van der Waals surface area (Å²) < 4.78 is 1.79. The molecular formula is C19H33N5O2. The fraction of sp³-hybridized carbons (Fsp3) is 0.737. The number of aromatic nitrogens is 2. The van der Waals surface area contributed by atoms with Crippen molar-refractivity contribution in [2.45, 2.75) is 52.1 Å². The molecule has 1 aliphatic heterocycles. The highest BCUT2D eigenvalue weighted by Crippen LogP contribution is 2.21. The minimum Gasteiger partial charge on any atom is -0.344 e. The first-order valence-corrected chi connectivity index (χ1v) is 9.68. The molecule has 2 atom stereocenters. The molecule has 7 nitrogen and oxygen atoms in total. The summed E-state index contributed by atoms with van der Waals surface area (Å²) in [4.78, 5) is 28.9. The number of hydrogen-bond donors (Lipinski definition) is 1. The Bertz CT molecular complexity index is 597. The average molecular weight is 364 g/mol. The maximum absolute atomic E-state index is 12.7. The summed E-state index contributed by atoms with van der Waals surface area (Å²) in [5.74, 6) is -0.00831. The van der Waals surface area contributed by atoms with E-state index >= 15 is 0 Å². The second-order valence-corrected chi connectivity index (χ2v) is 7.22. The summed E-state index contributed by atoms with van der Waals surface area (Å²) in [6.07, 6.45) is 6.86. The van der Waals surface area contributed by atoms with Crippen molar-refractivity contribution in [3.63, 3.8) is 0 Å². The van der Waals surface area contributed by atoms with Crippen molar-refractivity contribution in [2.75, 3.05) is 26.7 Å². The van der Waals surface area contributed by atoms with Gasteiger partial charge >= 0.3 is 0 Å². The Morgan fingerprint density at radius 2 is 2.04 bits per heavy atom. The van der Waals surface area contributed by atoms with E-state index in [4.69, 9.17) is 0 Å². The highest BCUT2D eigenvalue weighted by atomic mass is 16.2. The van der Waals surface area contributed by atoms with Gasteiger partial charge in [-0.1, -0.05) is 6.42 Å². The van der Waals surface area contributed by atoms with Gasteiger partial charge in [0.1, 0.15) is 0 Å². The third-order valence-electron chi connectivity index (χ3n) is 5.22. The molecule has 1 saturated heterocycles. The fourth-order valence-corrected chi connectivity index (χ4v) is 3.60. The van der Waals surface area contributed by atoms with Gasteiger partial charge < -0.3 is 15.1 Å². The summed E-state index contributed by atoms with van der Waals surface area (Å²) in [6, 6.07) is 0.228. The van der Waals surface area contributed by atoms with E-state index in [9.17, 15) is 9.59 Å². The van der Waals surface area contributed by atoms with Crippen LogP contribution in [0.1, 0.15) is 45.1 Å². The molecule has 0 saturated carbocycles. The van der Waals surface area contributed by atoms with Crippen molar-refractivity contribution in [3.05, 3.63) is 18.0 Å². The lowest BCUT2D eigenvalue weighted by molar-refractivity contribution is -0.140. The first-order valence-electron chi connectivity index (χ1n) is 9.68. The minimum atomic E-state index is -0.193. The van der Waals surface area contributed by atoms with Crippen molar-refractivity contribution in [3.8, 4) is 0 Å². The molecule has 0 spiro atoms. The van der Waals surface area contributed by atoms with Crippen LogP contribution in [0.5, 0.6) is 0 Å². The van der Waals surface area contributed by atoms with Gasteiger partial charge in [0.05, 0.1) is 6.20 Å². The summed E-state index contributed by atoms with van der Waals surface area (Å²) >= 11 is 0. The largest absolute Gasteiger partial charge is 0.344 e. The van der Waals surface area contributed by atoms with E-state index in [-0.39, 0.29) is 23.8 Å². The summed E-state index contributed by atoms with van der Waals surface area (Å²) in [5, 5.41) is 7.73. The zero-order valence-corrected chi connectivity index (χ0v) is 16.6. The Morgan fingerprint density at radius 1 is 1.31 bits per heavy atom. The lowest BCUT2D eigenvalue weighted by atomic mass is 9.95. The highest BCUT2D eigenvalue weighted by molar-refractivity contribution is 5.85. The Balaban J connectivity index is 1.97. The molecule has 0 aliphatic carbocycles. The van der Waals surface area contributed by atoms with Crippen LogP contribution in [-0.2, 0) is 23.2 Å². The highest BCUT2D eigenvalue weighted by Gasteiger charge is 2.29. The van der Waals surface area contributed by atoms with Crippen LogP contribution < -0.4 is 5.32 Å². The monoisotopic (exact) mass is 363 g/mol. The molecule has 7 heteroatoms. The molecule has 26 heavy (non-hydrogen) atoms. The first-order chi connectivity index (χ1) is 12.4. The van der Waals surface area contributed by atoms with Gasteiger partial charge in [-0.25, -0.2) is 0 Å². The van der Waals surface area contributed by atoms with Crippen LogP contribution in [0.15, 0.2) is 12.4 Å². The van der Waals surface area contributed by atoms with Gasteiger partial charge in [0.2, 0.25) is 11.8 Å². The van der Waals surface area contributed by atoms with Crippen molar-refractivity contribution in [1.29, 1.82) is 0 Å². The number of nitrogens with zero attached hydrogens (tertiary/aromatic N) is 4. The quantitative estimate of drug-likeness (QED) is 0.829. The summed E-state index contributed by atoms with van der Waals surface area (Å²) in [6.45, 7) is 6.79. The van der Waals surface area contributed by atoms with E-state index in [1.165, 1.54) is 0 Å². The number of rotatable bonds is 6. The van der Waals surface area contributed by atoms with Crippen molar-refractivity contribution >= 4 is 11.8 Å². The molecule has 0 aromatic carbocycles. The van der Waals surface area contributed by atoms with Crippen LogP contribution in [0.3, 0.4) is 0 Å². The molecule has 2 rings (SSSR count). The van der Waals surface area contributed by atoms with Crippen molar-refractivity contribution in [2.24, 2.45) is 13.0 Å². The molecule has 1 aromatic heterocycles. The molecule has 1 fully saturated rings. The zero-order chi connectivity index (χ0) is 19.1. The van der Waals surface area contributed by atoms with Crippen LogP contribution in [-0.4, -0.2) is 64.1 Å². The van der Waals surface area contributed by atoms with Gasteiger partial charge in [-0.3, -0.25) is 14.3 Å². The number of likely N-dealkylation sites (N-methyl/N-ethyl adjacent to an activating group) is 1. The van der Waals surface area contributed by atoms with Crippen LogP contribution in [0, 0.1) is 5.92 Å². The van der Waals surface area contributed by atoms with E-state index in [1.807, 2.05) is 45.2 Å². The van der Waals surface area contributed by atoms with E-state index < -0.39 is 0 Å². The van der Waals surface area contributed by atoms with Gasteiger partial charge in [0.15, 0.2) is 0 Å². The van der Waals surface area contributed by atoms with Crippen LogP contribution in [0.2, 0.25) is 0 Å². The third kappa shape index (κ3) is 5.56. The van der Waals surface area contributed by atoms with E-state index in [1.54, 1.807) is 9.58 Å². The molecule has 1 N–H and O–H groups in total. The van der Waals surface area contributed by atoms with Gasteiger partial charge in [-0.2, -0.15) is 5.10 Å². The van der Waals surface area contributed by atoms with Crippen LogP contribution in [0.4, 0.5) is 0 Å². The maximum Gasteiger partial charge on any atom is 0.226 e. The molecule has 2 amide bonds. The smallest absolute Gasteiger partial charge is 0.226 e. The number of amides is 2. The Hall–Kier alpha value is -1.89. The SMILES string of the molecule is CCN(CC)C(=O)C1CCCC(NCc2cnn(C)c2)CN(C)C(=O)C1. The van der Waals surface area contributed by atoms with Gasteiger partial charge in [0, 0.05) is 70.4 Å². The van der Waals surface area contributed by atoms with Crippen molar-refractivity contribution in [1.82, 2.24) is 24.9 Å².